The van der Waals surface area contributed by atoms with Crippen molar-refractivity contribution in [1.82, 2.24) is 0 Å². The second kappa shape index (κ2) is 6.44. The Kier molecular flexibility index (Phi) is 4.64. The van der Waals surface area contributed by atoms with E-state index in [2.05, 4.69) is 5.32 Å². The Hall–Kier alpha value is -2.00. The molecule has 20 heavy (non-hydrogen) atoms. The van der Waals surface area contributed by atoms with Gasteiger partial charge in [0.2, 0.25) is 0 Å². The molecule has 0 aromatic heterocycles. The Balaban J connectivity index is 2.19. The van der Waals surface area contributed by atoms with Crippen molar-refractivity contribution in [3.8, 4) is 5.75 Å². The molecule has 0 saturated heterocycles. The van der Waals surface area contributed by atoms with Crippen LogP contribution >= 0.6 is 11.6 Å². The van der Waals surface area contributed by atoms with Crippen LogP contribution in [0, 0.1) is 6.92 Å². The summed E-state index contributed by atoms with van der Waals surface area (Å²) in [6, 6.07) is 12.8. The molecule has 0 bridgehead atoms. The number of methoxy groups -OCH3 is 1. The largest absolute Gasteiger partial charge is 0.496 e. The number of amides is 1. The van der Waals surface area contributed by atoms with E-state index in [0.29, 0.717) is 17.2 Å². The Morgan fingerprint density at radius 3 is 2.75 bits per heavy atom. The minimum atomic E-state index is -0.171. The average molecular weight is 290 g/mol. The van der Waals surface area contributed by atoms with E-state index in [1.807, 2.05) is 37.3 Å². The summed E-state index contributed by atoms with van der Waals surface area (Å²) in [5, 5.41) is 2.85. The van der Waals surface area contributed by atoms with Crippen molar-refractivity contribution in [2.45, 2.75) is 12.8 Å². The predicted octanol–water partition coefficient (Wildman–Crippen LogP) is 3.99. The molecule has 2 rings (SSSR count). The van der Waals surface area contributed by atoms with Crippen molar-refractivity contribution in [1.29, 1.82) is 0 Å². The van der Waals surface area contributed by atoms with E-state index in [1.165, 1.54) is 0 Å². The summed E-state index contributed by atoms with van der Waals surface area (Å²) in [4.78, 5) is 12.2. The van der Waals surface area contributed by atoms with Gasteiger partial charge >= 0.3 is 0 Å². The molecule has 4 heteroatoms. The molecule has 1 amide bonds. The highest BCUT2D eigenvalue weighted by molar-refractivity contribution is 6.17. The van der Waals surface area contributed by atoms with Crippen molar-refractivity contribution in [3.05, 3.63) is 59.2 Å². The minimum absolute atomic E-state index is 0.171. The quantitative estimate of drug-likeness (QED) is 0.864. The van der Waals surface area contributed by atoms with Crippen molar-refractivity contribution in [2.24, 2.45) is 0 Å². The van der Waals surface area contributed by atoms with E-state index in [9.17, 15) is 4.79 Å². The van der Waals surface area contributed by atoms with Gasteiger partial charge in [0.05, 0.1) is 7.11 Å². The number of rotatable bonds is 4. The lowest BCUT2D eigenvalue weighted by atomic mass is 10.1. The molecule has 2 aromatic rings. The number of benzene rings is 2. The van der Waals surface area contributed by atoms with Gasteiger partial charge in [-0.15, -0.1) is 11.6 Å². The summed E-state index contributed by atoms with van der Waals surface area (Å²) in [5.74, 6) is 0.949. The molecule has 0 radical (unpaired) electrons. The van der Waals surface area contributed by atoms with Gasteiger partial charge in [0.15, 0.2) is 0 Å². The number of carbonyl (C=O) groups is 1. The summed E-state index contributed by atoms with van der Waals surface area (Å²) in [6.07, 6.45) is 0. The van der Waals surface area contributed by atoms with Crippen molar-refractivity contribution >= 4 is 23.2 Å². The maximum atomic E-state index is 12.2. The number of alkyl halides is 1. The number of hydrogen-bond donors (Lipinski definition) is 1. The van der Waals surface area contributed by atoms with Gasteiger partial charge in [0.1, 0.15) is 5.75 Å². The minimum Gasteiger partial charge on any atom is -0.496 e. The molecule has 0 unspecified atom stereocenters. The first-order valence-electron chi connectivity index (χ1n) is 6.25. The summed E-state index contributed by atoms with van der Waals surface area (Å²) in [7, 11) is 1.59. The average Bonchev–Trinajstić information content (AvgIpc) is 2.47. The lowest BCUT2D eigenvalue weighted by molar-refractivity contribution is 0.102. The third kappa shape index (κ3) is 3.31. The zero-order valence-corrected chi connectivity index (χ0v) is 12.2. The molecule has 1 N–H and O–H groups in total. The van der Waals surface area contributed by atoms with E-state index in [1.54, 1.807) is 19.2 Å². The molecule has 104 valence electrons. The smallest absolute Gasteiger partial charge is 0.255 e. The molecule has 0 aliphatic rings. The third-order valence-electron chi connectivity index (χ3n) is 3.01. The van der Waals surface area contributed by atoms with Crippen LogP contribution in [0.15, 0.2) is 42.5 Å². The van der Waals surface area contributed by atoms with Crippen LogP contribution < -0.4 is 10.1 Å². The second-order valence-corrected chi connectivity index (χ2v) is 4.74. The third-order valence-corrected chi connectivity index (χ3v) is 3.32. The van der Waals surface area contributed by atoms with E-state index >= 15 is 0 Å². The first kappa shape index (κ1) is 14.4. The highest BCUT2D eigenvalue weighted by atomic mass is 35.5. The highest BCUT2D eigenvalue weighted by Gasteiger charge is 2.09. The van der Waals surface area contributed by atoms with Crippen molar-refractivity contribution in [2.75, 3.05) is 12.4 Å². The molecule has 0 saturated carbocycles. The molecular formula is C16H16ClNO2. The highest BCUT2D eigenvalue weighted by Crippen LogP contribution is 2.20. The summed E-state index contributed by atoms with van der Waals surface area (Å²) in [5.41, 5.74) is 3.25. The molecule has 0 atom stereocenters. The summed E-state index contributed by atoms with van der Waals surface area (Å²) in [6.45, 7) is 1.93. The number of anilines is 1. The van der Waals surface area contributed by atoms with Crippen molar-refractivity contribution < 1.29 is 9.53 Å². The fourth-order valence-electron chi connectivity index (χ4n) is 1.90. The fourth-order valence-corrected chi connectivity index (χ4v) is 2.06. The number of aryl methyl sites for hydroxylation is 1. The number of hydrogen-bond acceptors (Lipinski definition) is 2. The topological polar surface area (TPSA) is 38.3 Å². The van der Waals surface area contributed by atoms with Gasteiger partial charge in [-0.1, -0.05) is 18.2 Å². The summed E-state index contributed by atoms with van der Waals surface area (Å²) >= 11 is 5.78. The molecule has 3 nitrogen and oxygen atoms in total. The zero-order valence-electron chi connectivity index (χ0n) is 11.4. The van der Waals surface area contributed by atoms with Crippen LogP contribution in [0.25, 0.3) is 0 Å². The maximum Gasteiger partial charge on any atom is 0.255 e. The van der Waals surface area contributed by atoms with E-state index in [4.69, 9.17) is 16.3 Å². The van der Waals surface area contributed by atoms with Crippen molar-refractivity contribution in [3.63, 3.8) is 0 Å². The van der Waals surface area contributed by atoms with Crippen LogP contribution in [0.1, 0.15) is 21.5 Å². The van der Waals surface area contributed by atoms with E-state index in [-0.39, 0.29) is 5.91 Å². The summed E-state index contributed by atoms with van der Waals surface area (Å²) < 4.78 is 5.23. The van der Waals surface area contributed by atoms with Gasteiger partial charge in [-0.05, 0) is 42.3 Å². The molecule has 0 fully saturated rings. The van der Waals surface area contributed by atoms with Crippen LogP contribution in [0.3, 0.4) is 0 Å². The van der Waals surface area contributed by atoms with Crippen LogP contribution in [0.5, 0.6) is 5.75 Å². The molecule has 2 aromatic carbocycles. The van der Waals surface area contributed by atoms with E-state index < -0.39 is 0 Å². The molecular weight excluding hydrogens is 274 g/mol. The molecule has 0 spiro atoms. The maximum absolute atomic E-state index is 12.2. The fraction of sp³-hybridized carbons (Fsp3) is 0.188. The monoisotopic (exact) mass is 289 g/mol. The lowest BCUT2D eigenvalue weighted by Gasteiger charge is -2.09. The molecule has 0 heterocycles. The molecule has 0 aliphatic carbocycles. The SMILES string of the molecule is COc1cc(C(=O)Nc2cccc(CCl)c2)ccc1C. The predicted molar refractivity (Wildman–Crippen MR) is 81.7 cm³/mol. The van der Waals surface area contributed by atoms with Crippen LogP contribution in [-0.4, -0.2) is 13.0 Å². The molecule has 0 aliphatic heterocycles. The van der Waals surface area contributed by atoms with Gasteiger partial charge in [-0.3, -0.25) is 4.79 Å². The Morgan fingerprint density at radius 1 is 1.25 bits per heavy atom. The normalized spacial score (nSPS) is 10.2. The van der Waals surface area contributed by atoms with Gasteiger partial charge in [0.25, 0.3) is 5.91 Å². The number of halogens is 1. The number of carbonyl (C=O) groups excluding carboxylic acids is 1. The first-order valence-corrected chi connectivity index (χ1v) is 6.78. The first-order chi connectivity index (χ1) is 9.63. The second-order valence-electron chi connectivity index (χ2n) is 4.47. The number of nitrogens with one attached hydrogen (secondary N) is 1. The Bertz CT molecular complexity index is 626. The van der Waals surface area contributed by atoms with Gasteiger partial charge in [0, 0.05) is 17.1 Å². The van der Waals surface area contributed by atoms with E-state index in [0.717, 1.165) is 16.8 Å². The lowest BCUT2D eigenvalue weighted by Crippen LogP contribution is -2.12. The van der Waals surface area contributed by atoms with Crippen LogP contribution in [-0.2, 0) is 5.88 Å². The van der Waals surface area contributed by atoms with Crippen LogP contribution in [0.2, 0.25) is 0 Å². The van der Waals surface area contributed by atoms with Gasteiger partial charge < -0.3 is 10.1 Å². The Labute approximate surface area is 123 Å². The van der Waals surface area contributed by atoms with Crippen LogP contribution in [0.4, 0.5) is 5.69 Å². The zero-order chi connectivity index (χ0) is 14.5. The van der Waals surface area contributed by atoms with Gasteiger partial charge in [-0.25, -0.2) is 0 Å². The Morgan fingerprint density at radius 2 is 2.05 bits per heavy atom. The van der Waals surface area contributed by atoms with Gasteiger partial charge in [-0.2, -0.15) is 0 Å². The number of ether oxygens (including phenoxy) is 1. The standard InChI is InChI=1S/C16H16ClNO2/c1-11-6-7-13(9-15(11)20-2)16(19)18-14-5-3-4-12(8-14)10-17/h3-9H,10H2,1-2H3,(H,18,19).